The van der Waals surface area contributed by atoms with Crippen molar-refractivity contribution in [3.05, 3.63) is 48.0 Å². The molecule has 0 aliphatic carbocycles. The second-order valence-electron chi connectivity index (χ2n) is 6.43. The highest BCUT2D eigenvalue weighted by atomic mass is 16.6. The van der Waals surface area contributed by atoms with Gasteiger partial charge in [0.1, 0.15) is 31.3 Å². The first-order valence-corrected chi connectivity index (χ1v) is 9.09. The zero-order valence-corrected chi connectivity index (χ0v) is 15.7. The predicted octanol–water partition coefficient (Wildman–Crippen LogP) is 2.98. The Morgan fingerprint density at radius 1 is 1.07 bits per heavy atom. The van der Waals surface area contributed by atoms with Crippen LogP contribution < -0.4 is 24.3 Å². The minimum atomic E-state index is -0.0835. The van der Waals surface area contributed by atoms with E-state index in [9.17, 15) is 4.79 Å². The zero-order valence-electron chi connectivity index (χ0n) is 15.7. The monoisotopic (exact) mass is 371 g/mol. The number of carbonyl (C=O) groups excluding carboxylic acids is 1. The molecule has 0 unspecified atom stereocenters. The Hall–Kier alpha value is -2.89. The summed E-state index contributed by atoms with van der Waals surface area (Å²) in [5.74, 6) is 3.03. The van der Waals surface area contributed by atoms with E-state index in [1.54, 1.807) is 7.11 Å². The molecule has 6 nitrogen and oxygen atoms in total. The molecule has 6 heteroatoms. The number of hydrogen-bond donors (Lipinski definition) is 1. The first kappa shape index (κ1) is 18.9. The number of methoxy groups -OCH3 is 1. The van der Waals surface area contributed by atoms with Gasteiger partial charge in [-0.15, -0.1) is 0 Å². The van der Waals surface area contributed by atoms with E-state index in [0.29, 0.717) is 32.7 Å². The molecule has 0 spiro atoms. The second-order valence-corrected chi connectivity index (χ2v) is 6.43. The molecule has 2 aromatic rings. The first-order valence-electron chi connectivity index (χ1n) is 9.09. The molecule has 144 valence electrons. The molecular weight excluding hydrogens is 346 g/mol. The van der Waals surface area contributed by atoms with Gasteiger partial charge in [0.05, 0.1) is 13.2 Å². The van der Waals surface area contributed by atoms with E-state index in [-0.39, 0.29) is 11.9 Å². The number of aryl methyl sites for hydroxylation is 1. The van der Waals surface area contributed by atoms with Crippen LogP contribution in [-0.4, -0.2) is 38.9 Å². The van der Waals surface area contributed by atoms with Gasteiger partial charge in [0.2, 0.25) is 5.91 Å². The Kier molecular flexibility index (Phi) is 6.41. The number of benzene rings is 2. The van der Waals surface area contributed by atoms with Crippen molar-refractivity contribution >= 4 is 5.91 Å². The highest BCUT2D eigenvalue weighted by Gasteiger charge is 2.13. The van der Waals surface area contributed by atoms with Gasteiger partial charge in [0.25, 0.3) is 0 Å². The second kappa shape index (κ2) is 9.16. The van der Waals surface area contributed by atoms with Crippen LogP contribution in [0.2, 0.25) is 0 Å². The number of rotatable bonds is 8. The van der Waals surface area contributed by atoms with Crippen molar-refractivity contribution in [3.63, 3.8) is 0 Å². The fourth-order valence-electron chi connectivity index (χ4n) is 2.78. The van der Waals surface area contributed by atoms with Crippen LogP contribution in [-0.2, 0) is 11.2 Å². The summed E-state index contributed by atoms with van der Waals surface area (Å²) in [7, 11) is 1.62. The molecule has 27 heavy (non-hydrogen) atoms. The first-order chi connectivity index (χ1) is 13.1. The molecule has 1 aliphatic rings. The van der Waals surface area contributed by atoms with Crippen LogP contribution in [0.15, 0.2) is 42.5 Å². The molecule has 0 radical (unpaired) electrons. The van der Waals surface area contributed by atoms with Crippen molar-refractivity contribution in [2.75, 3.05) is 26.9 Å². The van der Waals surface area contributed by atoms with Gasteiger partial charge in [0, 0.05) is 6.42 Å². The fraction of sp³-hybridized carbons (Fsp3) is 0.381. The number of hydrogen-bond acceptors (Lipinski definition) is 5. The Balaban J connectivity index is 1.40. The maximum atomic E-state index is 12.2. The van der Waals surface area contributed by atoms with Crippen LogP contribution in [0.4, 0.5) is 0 Å². The molecule has 1 aliphatic heterocycles. The van der Waals surface area contributed by atoms with Crippen LogP contribution in [0.25, 0.3) is 0 Å². The Labute approximate surface area is 159 Å². The summed E-state index contributed by atoms with van der Waals surface area (Å²) in [6.45, 7) is 3.46. The lowest BCUT2D eigenvalue weighted by molar-refractivity contribution is -0.121. The third kappa shape index (κ3) is 5.54. The average Bonchev–Trinajstić information content (AvgIpc) is 2.71. The lowest BCUT2D eigenvalue weighted by Gasteiger charge is -2.19. The van der Waals surface area contributed by atoms with Crippen molar-refractivity contribution in [2.45, 2.75) is 25.8 Å². The van der Waals surface area contributed by atoms with Gasteiger partial charge in [-0.3, -0.25) is 4.79 Å². The lowest BCUT2D eigenvalue weighted by Crippen LogP contribution is -2.36. The molecule has 2 aromatic carbocycles. The quantitative estimate of drug-likeness (QED) is 0.773. The number of amides is 1. The molecule has 0 fully saturated rings. The van der Waals surface area contributed by atoms with E-state index >= 15 is 0 Å². The van der Waals surface area contributed by atoms with Crippen LogP contribution in [0.5, 0.6) is 23.0 Å². The van der Waals surface area contributed by atoms with E-state index in [0.717, 1.165) is 28.6 Å². The predicted molar refractivity (Wildman–Crippen MR) is 102 cm³/mol. The van der Waals surface area contributed by atoms with Gasteiger partial charge in [-0.05, 0) is 55.3 Å². The van der Waals surface area contributed by atoms with Crippen molar-refractivity contribution < 1.29 is 23.7 Å². The van der Waals surface area contributed by atoms with Gasteiger partial charge in [-0.1, -0.05) is 6.07 Å². The summed E-state index contributed by atoms with van der Waals surface area (Å²) in [6, 6.07) is 13.1. The summed E-state index contributed by atoms with van der Waals surface area (Å²) in [5, 5.41) is 2.96. The molecule has 1 amide bonds. The van der Waals surface area contributed by atoms with Gasteiger partial charge in [-0.2, -0.15) is 0 Å². The Morgan fingerprint density at radius 2 is 1.78 bits per heavy atom. The number of ether oxygens (including phenoxy) is 4. The molecule has 1 atom stereocenters. The van der Waals surface area contributed by atoms with E-state index in [2.05, 4.69) is 5.32 Å². The van der Waals surface area contributed by atoms with Crippen LogP contribution in [0, 0.1) is 0 Å². The van der Waals surface area contributed by atoms with Crippen molar-refractivity contribution in [3.8, 4) is 23.0 Å². The van der Waals surface area contributed by atoms with Gasteiger partial charge >= 0.3 is 0 Å². The number of nitrogens with one attached hydrogen (secondary N) is 1. The third-order valence-electron chi connectivity index (χ3n) is 4.21. The molecule has 0 saturated heterocycles. The van der Waals surface area contributed by atoms with Crippen molar-refractivity contribution in [2.24, 2.45) is 0 Å². The number of carbonyl (C=O) groups is 1. The molecule has 1 heterocycles. The summed E-state index contributed by atoms with van der Waals surface area (Å²) in [5.41, 5.74) is 1.05. The summed E-state index contributed by atoms with van der Waals surface area (Å²) in [6.07, 6.45) is 1.06. The van der Waals surface area contributed by atoms with Crippen molar-refractivity contribution in [1.29, 1.82) is 0 Å². The minimum absolute atomic E-state index is 0.00396. The van der Waals surface area contributed by atoms with Gasteiger partial charge < -0.3 is 24.3 Å². The highest BCUT2D eigenvalue weighted by molar-refractivity contribution is 5.76. The largest absolute Gasteiger partial charge is 0.497 e. The smallest absolute Gasteiger partial charge is 0.220 e. The molecule has 1 N–H and O–H groups in total. The standard InChI is InChI=1S/C21H25NO5/c1-15(14-27-18-7-5-17(24-2)6-8-18)22-21(23)10-4-16-3-9-19-20(13-16)26-12-11-25-19/h3,5-9,13,15H,4,10-12,14H2,1-2H3,(H,22,23)/t15-/m1/s1. The normalized spacial score (nSPS) is 13.6. The summed E-state index contributed by atoms with van der Waals surface area (Å²) >= 11 is 0. The summed E-state index contributed by atoms with van der Waals surface area (Å²) in [4.78, 5) is 12.2. The SMILES string of the molecule is COc1ccc(OC[C@@H](C)NC(=O)CCc2ccc3c(c2)OCCO3)cc1. The average molecular weight is 371 g/mol. The van der Waals surface area contributed by atoms with Crippen LogP contribution >= 0.6 is 0 Å². The van der Waals surface area contributed by atoms with E-state index in [4.69, 9.17) is 18.9 Å². The molecule has 3 rings (SSSR count). The van der Waals surface area contributed by atoms with Crippen molar-refractivity contribution in [1.82, 2.24) is 5.32 Å². The van der Waals surface area contributed by atoms with Gasteiger partial charge in [0.15, 0.2) is 11.5 Å². The topological polar surface area (TPSA) is 66.0 Å². The maximum absolute atomic E-state index is 12.2. The Morgan fingerprint density at radius 3 is 2.52 bits per heavy atom. The third-order valence-corrected chi connectivity index (χ3v) is 4.21. The minimum Gasteiger partial charge on any atom is -0.497 e. The maximum Gasteiger partial charge on any atom is 0.220 e. The number of fused-ring (bicyclic) bond motifs is 1. The van der Waals surface area contributed by atoms with E-state index in [1.165, 1.54) is 0 Å². The molecular formula is C21H25NO5. The van der Waals surface area contributed by atoms with Crippen LogP contribution in [0.3, 0.4) is 0 Å². The fourth-order valence-corrected chi connectivity index (χ4v) is 2.78. The van der Waals surface area contributed by atoms with Crippen LogP contribution in [0.1, 0.15) is 18.9 Å². The molecule has 0 bridgehead atoms. The Bertz CT molecular complexity index is 760. The lowest BCUT2D eigenvalue weighted by atomic mass is 10.1. The van der Waals surface area contributed by atoms with Gasteiger partial charge in [-0.25, -0.2) is 0 Å². The molecule has 0 saturated carbocycles. The van der Waals surface area contributed by atoms with E-state index < -0.39 is 0 Å². The zero-order chi connectivity index (χ0) is 19.1. The molecule has 0 aromatic heterocycles. The highest BCUT2D eigenvalue weighted by Crippen LogP contribution is 2.31. The summed E-state index contributed by atoms with van der Waals surface area (Å²) < 4.78 is 21.9. The van der Waals surface area contributed by atoms with E-state index in [1.807, 2.05) is 49.4 Å².